The van der Waals surface area contributed by atoms with E-state index < -0.39 is 17.6 Å². The summed E-state index contributed by atoms with van der Waals surface area (Å²) in [7, 11) is 0. The summed E-state index contributed by atoms with van der Waals surface area (Å²) in [5.41, 5.74) is -0.871. The van der Waals surface area contributed by atoms with Crippen LogP contribution in [0.1, 0.15) is 52.0 Å². The molecule has 0 unspecified atom stereocenters. The molecule has 0 heterocycles. The number of rotatable bonds is 7. The van der Waals surface area contributed by atoms with Gasteiger partial charge in [0.25, 0.3) is 0 Å². The van der Waals surface area contributed by atoms with Gasteiger partial charge >= 0.3 is 6.18 Å². The first-order valence-electron chi connectivity index (χ1n) is 7.26. The van der Waals surface area contributed by atoms with Crippen molar-refractivity contribution in [3.63, 3.8) is 0 Å². The summed E-state index contributed by atoms with van der Waals surface area (Å²) >= 11 is 0. The number of unbranched alkanes of at least 4 members (excludes halogenated alkanes) is 2. The Morgan fingerprint density at radius 1 is 1.10 bits per heavy atom. The molecule has 21 heavy (non-hydrogen) atoms. The van der Waals surface area contributed by atoms with Gasteiger partial charge in [-0.25, -0.2) is 4.39 Å². The first-order chi connectivity index (χ1) is 9.65. The second-order valence-corrected chi connectivity index (χ2v) is 6.17. The van der Waals surface area contributed by atoms with E-state index in [0.29, 0.717) is 12.6 Å². The SMILES string of the molecule is CCCCCC(C)(C)CNc1ccc(C(F)(F)F)cc1F. The highest BCUT2D eigenvalue weighted by atomic mass is 19.4. The molecule has 0 saturated carbocycles. The van der Waals surface area contributed by atoms with Crippen LogP contribution in [0.25, 0.3) is 0 Å². The molecule has 1 aromatic rings. The van der Waals surface area contributed by atoms with E-state index in [1.165, 1.54) is 0 Å². The lowest BCUT2D eigenvalue weighted by Gasteiger charge is -2.25. The van der Waals surface area contributed by atoms with Gasteiger partial charge in [-0.1, -0.05) is 40.0 Å². The monoisotopic (exact) mass is 305 g/mol. The van der Waals surface area contributed by atoms with Crippen molar-refractivity contribution in [2.24, 2.45) is 5.41 Å². The number of nitrogens with one attached hydrogen (secondary N) is 1. The van der Waals surface area contributed by atoms with E-state index in [9.17, 15) is 17.6 Å². The average molecular weight is 305 g/mol. The third kappa shape index (κ3) is 5.94. The second kappa shape index (κ2) is 7.14. The maximum Gasteiger partial charge on any atom is 0.416 e. The molecule has 0 fully saturated rings. The molecule has 5 heteroatoms. The summed E-state index contributed by atoms with van der Waals surface area (Å²) in [6.07, 6.45) is -0.134. The van der Waals surface area contributed by atoms with Crippen LogP contribution in [0.4, 0.5) is 23.2 Å². The standard InChI is InChI=1S/C16H23F4N/c1-4-5-6-9-15(2,3)11-21-14-8-7-12(10-13(14)17)16(18,19)20/h7-8,10,21H,4-6,9,11H2,1-3H3. The highest BCUT2D eigenvalue weighted by Gasteiger charge is 2.31. The minimum absolute atomic E-state index is 0.0235. The van der Waals surface area contributed by atoms with Gasteiger partial charge in [-0.3, -0.25) is 0 Å². The van der Waals surface area contributed by atoms with Crippen LogP contribution in [-0.2, 0) is 6.18 Å². The molecule has 0 aliphatic carbocycles. The number of hydrogen-bond acceptors (Lipinski definition) is 1. The molecular weight excluding hydrogens is 282 g/mol. The van der Waals surface area contributed by atoms with Crippen molar-refractivity contribution in [2.75, 3.05) is 11.9 Å². The highest BCUT2D eigenvalue weighted by molar-refractivity contribution is 5.47. The van der Waals surface area contributed by atoms with Gasteiger partial charge in [-0.2, -0.15) is 13.2 Å². The first-order valence-corrected chi connectivity index (χ1v) is 7.26. The Kier molecular flexibility index (Phi) is 6.05. The lowest BCUT2D eigenvalue weighted by atomic mass is 9.87. The summed E-state index contributed by atoms with van der Waals surface area (Å²) in [6.45, 7) is 6.79. The molecule has 1 nitrogen and oxygen atoms in total. The van der Waals surface area contributed by atoms with Crippen LogP contribution in [0.3, 0.4) is 0 Å². The van der Waals surface area contributed by atoms with Crippen LogP contribution >= 0.6 is 0 Å². The van der Waals surface area contributed by atoms with Gasteiger partial charge in [-0.05, 0) is 30.0 Å². The fourth-order valence-corrected chi connectivity index (χ4v) is 2.11. The topological polar surface area (TPSA) is 12.0 Å². The first kappa shape index (κ1) is 17.8. The van der Waals surface area contributed by atoms with Gasteiger partial charge in [0.05, 0.1) is 11.3 Å². The van der Waals surface area contributed by atoms with Crippen LogP contribution < -0.4 is 5.32 Å². The Morgan fingerprint density at radius 3 is 2.29 bits per heavy atom. The summed E-state index contributed by atoms with van der Waals surface area (Å²) in [5, 5.41) is 2.92. The fourth-order valence-electron chi connectivity index (χ4n) is 2.11. The van der Waals surface area contributed by atoms with Crippen LogP contribution in [-0.4, -0.2) is 6.54 Å². The number of halogens is 4. The van der Waals surface area contributed by atoms with Crippen molar-refractivity contribution in [3.05, 3.63) is 29.6 Å². The average Bonchev–Trinajstić information content (AvgIpc) is 2.36. The van der Waals surface area contributed by atoms with Crippen LogP contribution in [0.2, 0.25) is 0 Å². The minimum atomic E-state index is -4.52. The van der Waals surface area contributed by atoms with E-state index >= 15 is 0 Å². The summed E-state index contributed by atoms with van der Waals surface area (Å²) in [4.78, 5) is 0. The van der Waals surface area contributed by atoms with Crippen molar-refractivity contribution in [3.8, 4) is 0 Å². The smallest absolute Gasteiger partial charge is 0.382 e. The van der Waals surface area contributed by atoms with Gasteiger partial charge < -0.3 is 5.32 Å². The lowest BCUT2D eigenvalue weighted by molar-refractivity contribution is -0.137. The zero-order valence-electron chi connectivity index (χ0n) is 12.8. The van der Waals surface area contributed by atoms with E-state index in [4.69, 9.17) is 0 Å². The number of anilines is 1. The molecule has 1 N–H and O–H groups in total. The molecule has 0 bridgehead atoms. The van der Waals surface area contributed by atoms with Gasteiger partial charge in [0.1, 0.15) is 5.82 Å². The third-order valence-corrected chi connectivity index (χ3v) is 3.51. The minimum Gasteiger partial charge on any atom is -0.382 e. The Bertz CT molecular complexity index is 452. The Balaban J connectivity index is 2.63. The van der Waals surface area contributed by atoms with Gasteiger partial charge in [0.2, 0.25) is 0 Å². The van der Waals surface area contributed by atoms with Crippen molar-refractivity contribution in [2.45, 2.75) is 52.6 Å². The molecule has 0 radical (unpaired) electrons. The van der Waals surface area contributed by atoms with Crippen LogP contribution in [0, 0.1) is 11.2 Å². The Morgan fingerprint density at radius 2 is 1.76 bits per heavy atom. The molecule has 0 atom stereocenters. The van der Waals surface area contributed by atoms with E-state index in [0.717, 1.165) is 37.8 Å². The van der Waals surface area contributed by atoms with Gasteiger partial charge in [0, 0.05) is 6.54 Å². The summed E-state index contributed by atoms with van der Waals surface area (Å²) in [6, 6.07) is 2.59. The number of hydrogen-bond donors (Lipinski definition) is 1. The highest BCUT2D eigenvalue weighted by Crippen LogP contribution is 2.32. The molecule has 1 aromatic carbocycles. The van der Waals surface area contributed by atoms with E-state index in [1.807, 2.05) is 0 Å². The van der Waals surface area contributed by atoms with Crippen molar-refractivity contribution < 1.29 is 17.6 Å². The van der Waals surface area contributed by atoms with Gasteiger partial charge in [-0.15, -0.1) is 0 Å². The van der Waals surface area contributed by atoms with Crippen molar-refractivity contribution in [1.29, 1.82) is 0 Å². The Hall–Kier alpha value is -1.26. The van der Waals surface area contributed by atoms with Gasteiger partial charge in [0.15, 0.2) is 0 Å². The molecule has 0 aliphatic heterocycles. The van der Waals surface area contributed by atoms with E-state index in [-0.39, 0.29) is 11.1 Å². The molecule has 0 aliphatic rings. The summed E-state index contributed by atoms with van der Waals surface area (Å²) in [5.74, 6) is -0.866. The van der Waals surface area contributed by atoms with E-state index in [1.54, 1.807) is 0 Å². The second-order valence-electron chi connectivity index (χ2n) is 6.17. The largest absolute Gasteiger partial charge is 0.416 e. The molecule has 0 aromatic heterocycles. The Labute approximate surface area is 123 Å². The maximum atomic E-state index is 13.7. The predicted octanol–water partition coefficient (Wildman–Crippen LogP) is 5.86. The zero-order valence-corrected chi connectivity index (χ0v) is 12.8. The van der Waals surface area contributed by atoms with Crippen molar-refractivity contribution in [1.82, 2.24) is 0 Å². The predicted molar refractivity (Wildman–Crippen MR) is 77.8 cm³/mol. The lowest BCUT2D eigenvalue weighted by Crippen LogP contribution is -2.23. The quantitative estimate of drug-likeness (QED) is 0.491. The van der Waals surface area contributed by atoms with Crippen LogP contribution in [0.15, 0.2) is 18.2 Å². The normalized spacial score (nSPS) is 12.5. The fraction of sp³-hybridized carbons (Fsp3) is 0.625. The maximum absolute atomic E-state index is 13.7. The number of alkyl halides is 3. The summed E-state index contributed by atoms with van der Waals surface area (Å²) < 4.78 is 51.1. The van der Waals surface area contributed by atoms with E-state index in [2.05, 4.69) is 26.1 Å². The molecule has 0 amide bonds. The number of benzene rings is 1. The molecule has 0 spiro atoms. The molecular formula is C16H23F4N. The molecule has 0 saturated heterocycles. The van der Waals surface area contributed by atoms with Crippen molar-refractivity contribution >= 4 is 5.69 Å². The van der Waals surface area contributed by atoms with Crippen LogP contribution in [0.5, 0.6) is 0 Å². The third-order valence-electron chi connectivity index (χ3n) is 3.51. The molecule has 120 valence electrons. The molecule has 1 rings (SSSR count). The zero-order chi connectivity index (χ0) is 16.1.